The van der Waals surface area contributed by atoms with Gasteiger partial charge in [0.25, 0.3) is 5.91 Å². The van der Waals surface area contributed by atoms with Gasteiger partial charge in [-0.05, 0) is 38.3 Å². The van der Waals surface area contributed by atoms with E-state index in [-0.39, 0.29) is 17.4 Å². The normalized spacial score (nSPS) is 22.4. The summed E-state index contributed by atoms with van der Waals surface area (Å²) in [4.78, 5) is 44.6. The van der Waals surface area contributed by atoms with Gasteiger partial charge in [-0.1, -0.05) is 18.6 Å². The zero-order chi connectivity index (χ0) is 19.2. The molecule has 2 fully saturated rings. The van der Waals surface area contributed by atoms with Crippen molar-refractivity contribution in [3.63, 3.8) is 0 Å². The maximum absolute atomic E-state index is 13.2. The number of amides is 2. The highest BCUT2D eigenvalue weighted by molar-refractivity contribution is 6.06. The van der Waals surface area contributed by atoms with E-state index in [0.717, 1.165) is 36.9 Å². The Morgan fingerprint density at radius 1 is 1.19 bits per heavy atom. The Balaban J connectivity index is 1.64. The SMILES string of the molecule is CCCN1CCC2(CCN(C(=O)c3cc(=O)[nH]c4ccc(C)cc34)C2)C1=O. The van der Waals surface area contributed by atoms with Crippen LogP contribution in [0.15, 0.2) is 29.1 Å². The number of H-pyrrole nitrogens is 1. The maximum Gasteiger partial charge on any atom is 0.254 e. The third-order valence-corrected chi connectivity index (χ3v) is 5.96. The van der Waals surface area contributed by atoms with Crippen LogP contribution in [0, 0.1) is 12.3 Å². The first kappa shape index (κ1) is 17.8. The highest BCUT2D eigenvalue weighted by Gasteiger charge is 2.51. The Labute approximate surface area is 158 Å². The molecule has 1 N–H and O–H groups in total. The van der Waals surface area contributed by atoms with Crippen LogP contribution in [0.3, 0.4) is 0 Å². The van der Waals surface area contributed by atoms with Crippen molar-refractivity contribution in [2.75, 3.05) is 26.2 Å². The third-order valence-electron chi connectivity index (χ3n) is 5.96. The topological polar surface area (TPSA) is 73.5 Å². The number of hydrogen-bond donors (Lipinski definition) is 1. The van der Waals surface area contributed by atoms with Gasteiger partial charge in [0.1, 0.15) is 0 Å². The largest absolute Gasteiger partial charge is 0.342 e. The van der Waals surface area contributed by atoms with E-state index in [9.17, 15) is 14.4 Å². The molecule has 1 unspecified atom stereocenters. The van der Waals surface area contributed by atoms with Gasteiger partial charge < -0.3 is 14.8 Å². The maximum atomic E-state index is 13.2. The number of aromatic nitrogens is 1. The highest BCUT2D eigenvalue weighted by Crippen LogP contribution is 2.41. The summed E-state index contributed by atoms with van der Waals surface area (Å²) in [5.74, 6) is 0.0292. The fourth-order valence-corrected chi connectivity index (χ4v) is 4.52. The number of fused-ring (bicyclic) bond motifs is 1. The van der Waals surface area contributed by atoms with Crippen molar-refractivity contribution in [3.8, 4) is 0 Å². The molecule has 1 aromatic heterocycles. The average molecular weight is 367 g/mol. The Kier molecular flexibility index (Phi) is 4.29. The lowest BCUT2D eigenvalue weighted by molar-refractivity contribution is -0.135. The predicted octanol–water partition coefficient (Wildman–Crippen LogP) is 2.31. The van der Waals surface area contributed by atoms with Crippen LogP contribution in [-0.4, -0.2) is 52.8 Å². The zero-order valence-electron chi connectivity index (χ0n) is 15.9. The number of hydrogen-bond acceptors (Lipinski definition) is 3. The smallest absolute Gasteiger partial charge is 0.254 e. The highest BCUT2D eigenvalue weighted by atomic mass is 16.2. The van der Waals surface area contributed by atoms with E-state index in [0.29, 0.717) is 30.6 Å². The minimum absolute atomic E-state index is 0.157. The van der Waals surface area contributed by atoms with Crippen molar-refractivity contribution in [3.05, 3.63) is 45.7 Å². The van der Waals surface area contributed by atoms with E-state index in [2.05, 4.69) is 11.9 Å². The van der Waals surface area contributed by atoms with Gasteiger partial charge in [-0.15, -0.1) is 0 Å². The van der Waals surface area contributed by atoms with Gasteiger partial charge in [-0.25, -0.2) is 0 Å². The summed E-state index contributed by atoms with van der Waals surface area (Å²) in [5.41, 5.74) is 1.40. The van der Waals surface area contributed by atoms with Crippen LogP contribution in [0.5, 0.6) is 0 Å². The summed E-state index contributed by atoms with van der Waals surface area (Å²) in [6.45, 7) is 6.61. The van der Waals surface area contributed by atoms with Gasteiger partial charge in [0.2, 0.25) is 11.5 Å². The lowest BCUT2D eigenvalue weighted by Crippen LogP contribution is -2.38. The Morgan fingerprint density at radius 3 is 2.74 bits per heavy atom. The number of aromatic amines is 1. The van der Waals surface area contributed by atoms with Crippen LogP contribution < -0.4 is 5.56 Å². The number of nitrogens with zero attached hydrogens (tertiary/aromatic N) is 2. The van der Waals surface area contributed by atoms with Crippen LogP contribution in [0.2, 0.25) is 0 Å². The van der Waals surface area contributed by atoms with Crippen LogP contribution in [0.4, 0.5) is 0 Å². The molecule has 1 aromatic carbocycles. The number of benzene rings is 1. The first-order chi connectivity index (χ1) is 12.9. The molecule has 2 aliphatic rings. The van der Waals surface area contributed by atoms with Gasteiger partial charge in [-0.3, -0.25) is 14.4 Å². The summed E-state index contributed by atoms with van der Waals surface area (Å²) < 4.78 is 0. The van der Waals surface area contributed by atoms with Crippen LogP contribution >= 0.6 is 0 Å². The molecule has 2 amide bonds. The fourth-order valence-electron chi connectivity index (χ4n) is 4.52. The van der Waals surface area contributed by atoms with E-state index in [4.69, 9.17) is 0 Å². The van der Waals surface area contributed by atoms with Crippen molar-refractivity contribution >= 4 is 22.7 Å². The molecule has 0 bridgehead atoms. The van der Waals surface area contributed by atoms with Crippen LogP contribution in [0.1, 0.15) is 42.1 Å². The molecular weight excluding hydrogens is 342 g/mol. The molecule has 2 saturated heterocycles. The molecule has 0 aliphatic carbocycles. The first-order valence-corrected chi connectivity index (χ1v) is 9.66. The number of pyridine rings is 1. The fraction of sp³-hybridized carbons (Fsp3) is 0.476. The lowest BCUT2D eigenvalue weighted by atomic mass is 9.85. The molecule has 3 heterocycles. The first-order valence-electron chi connectivity index (χ1n) is 9.66. The molecule has 27 heavy (non-hydrogen) atoms. The van der Waals surface area contributed by atoms with Crippen molar-refractivity contribution < 1.29 is 9.59 Å². The number of aryl methyl sites for hydroxylation is 1. The van der Waals surface area contributed by atoms with Crippen molar-refractivity contribution in [2.24, 2.45) is 5.41 Å². The van der Waals surface area contributed by atoms with Crippen molar-refractivity contribution in [2.45, 2.75) is 33.1 Å². The number of carbonyl (C=O) groups is 2. The second-order valence-electron chi connectivity index (χ2n) is 7.90. The number of nitrogens with one attached hydrogen (secondary N) is 1. The summed E-state index contributed by atoms with van der Waals surface area (Å²) in [6.07, 6.45) is 2.46. The molecule has 0 radical (unpaired) electrons. The Bertz CT molecular complexity index is 980. The summed E-state index contributed by atoms with van der Waals surface area (Å²) in [7, 11) is 0. The number of carbonyl (C=O) groups excluding carboxylic acids is 2. The zero-order valence-corrected chi connectivity index (χ0v) is 15.9. The van der Waals surface area contributed by atoms with Gasteiger partial charge in [0.05, 0.1) is 11.0 Å². The quantitative estimate of drug-likeness (QED) is 0.905. The molecule has 1 atom stereocenters. The van der Waals surface area contributed by atoms with E-state index >= 15 is 0 Å². The van der Waals surface area contributed by atoms with E-state index < -0.39 is 5.41 Å². The second-order valence-corrected chi connectivity index (χ2v) is 7.90. The molecule has 6 heteroatoms. The molecule has 2 aromatic rings. The molecule has 2 aliphatic heterocycles. The Hall–Kier alpha value is -2.63. The van der Waals surface area contributed by atoms with Gasteiger partial charge in [-0.2, -0.15) is 0 Å². The molecule has 142 valence electrons. The third kappa shape index (κ3) is 2.93. The summed E-state index contributed by atoms with van der Waals surface area (Å²) >= 11 is 0. The van der Waals surface area contributed by atoms with E-state index in [1.807, 2.05) is 30.0 Å². The second kappa shape index (κ2) is 6.51. The number of rotatable bonds is 3. The van der Waals surface area contributed by atoms with Gasteiger partial charge >= 0.3 is 0 Å². The van der Waals surface area contributed by atoms with Crippen molar-refractivity contribution in [1.82, 2.24) is 14.8 Å². The van der Waals surface area contributed by atoms with Gasteiger partial charge in [0, 0.05) is 43.1 Å². The lowest BCUT2D eigenvalue weighted by Gasteiger charge is -2.23. The van der Waals surface area contributed by atoms with Crippen LogP contribution in [-0.2, 0) is 4.79 Å². The predicted molar refractivity (Wildman–Crippen MR) is 104 cm³/mol. The standard InChI is InChI=1S/C21H25N3O3/c1-3-8-23-9-6-21(20(23)27)7-10-24(13-21)19(26)16-12-18(25)22-17-5-4-14(2)11-15(16)17/h4-5,11-12H,3,6-10,13H2,1-2H3,(H,22,25). The van der Waals surface area contributed by atoms with Gasteiger partial charge in [0.15, 0.2) is 0 Å². The minimum Gasteiger partial charge on any atom is -0.342 e. The summed E-state index contributed by atoms with van der Waals surface area (Å²) in [5, 5.41) is 0.755. The Morgan fingerprint density at radius 2 is 1.96 bits per heavy atom. The molecule has 0 saturated carbocycles. The molecule has 6 nitrogen and oxygen atoms in total. The van der Waals surface area contributed by atoms with E-state index in [1.165, 1.54) is 6.07 Å². The monoisotopic (exact) mass is 367 g/mol. The van der Waals surface area contributed by atoms with E-state index in [1.54, 1.807) is 4.90 Å². The molecule has 4 rings (SSSR count). The molecular formula is C21H25N3O3. The number of likely N-dealkylation sites (tertiary alicyclic amines) is 2. The average Bonchev–Trinajstić information content (AvgIpc) is 3.21. The molecule has 1 spiro atoms. The summed E-state index contributed by atoms with van der Waals surface area (Å²) in [6, 6.07) is 7.05. The van der Waals surface area contributed by atoms with Crippen LogP contribution in [0.25, 0.3) is 10.9 Å². The van der Waals surface area contributed by atoms with Crippen molar-refractivity contribution in [1.29, 1.82) is 0 Å². The minimum atomic E-state index is -0.433.